The summed E-state index contributed by atoms with van der Waals surface area (Å²) in [5.74, 6) is 0.780. The van der Waals surface area contributed by atoms with Gasteiger partial charge in [0.25, 0.3) is 0 Å². The number of piperazine rings is 1. The first-order valence-corrected chi connectivity index (χ1v) is 11.1. The molecule has 186 valence electrons. The summed E-state index contributed by atoms with van der Waals surface area (Å²) in [4.78, 5) is 41.3. The first kappa shape index (κ1) is 25.2. The van der Waals surface area contributed by atoms with Crippen LogP contribution in [-0.4, -0.2) is 88.4 Å². The SMILES string of the molecule is CCOC(=O)C1=C(CN2CCN(C(C)=O)CC2)NC(=O)N[C@@H]1c1cc(OC)c(OC)cc1OC. The van der Waals surface area contributed by atoms with Gasteiger partial charge in [-0.1, -0.05) is 0 Å². The smallest absolute Gasteiger partial charge is 0.338 e. The number of nitrogens with zero attached hydrogens (tertiary/aromatic N) is 2. The molecule has 1 aromatic rings. The molecule has 0 unspecified atom stereocenters. The highest BCUT2D eigenvalue weighted by atomic mass is 16.5. The number of carbonyl (C=O) groups is 3. The van der Waals surface area contributed by atoms with E-state index >= 15 is 0 Å². The number of ether oxygens (including phenoxy) is 4. The molecule has 0 spiro atoms. The van der Waals surface area contributed by atoms with Gasteiger partial charge in [-0.15, -0.1) is 0 Å². The number of amides is 3. The molecule has 1 fully saturated rings. The average Bonchev–Trinajstić information content (AvgIpc) is 2.83. The number of benzene rings is 1. The third-order valence-corrected chi connectivity index (χ3v) is 5.90. The van der Waals surface area contributed by atoms with E-state index in [0.717, 1.165) is 0 Å². The molecule has 1 saturated heterocycles. The second-order valence-electron chi connectivity index (χ2n) is 7.88. The topological polar surface area (TPSA) is 119 Å². The van der Waals surface area contributed by atoms with Crippen molar-refractivity contribution < 1.29 is 33.3 Å². The molecule has 0 aliphatic carbocycles. The third-order valence-electron chi connectivity index (χ3n) is 5.90. The minimum absolute atomic E-state index is 0.0295. The van der Waals surface area contributed by atoms with Gasteiger partial charge in [-0.3, -0.25) is 9.69 Å². The summed E-state index contributed by atoms with van der Waals surface area (Å²) in [6.45, 7) is 6.16. The summed E-state index contributed by atoms with van der Waals surface area (Å²) in [5.41, 5.74) is 1.25. The molecule has 0 aromatic heterocycles. The van der Waals surface area contributed by atoms with Crippen LogP contribution in [-0.2, 0) is 14.3 Å². The zero-order chi connectivity index (χ0) is 24.8. The Morgan fingerprint density at radius 2 is 1.62 bits per heavy atom. The number of urea groups is 1. The molecule has 2 aliphatic rings. The Hall–Kier alpha value is -3.47. The minimum atomic E-state index is -0.837. The van der Waals surface area contributed by atoms with Gasteiger partial charge in [-0.25, -0.2) is 9.59 Å². The monoisotopic (exact) mass is 476 g/mol. The molecule has 2 heterocycles. The molecule has 0 saturated carbocycles. The fraction of sp³-hybridized carbons (Fsp3) is 0.522. The summed E-state index contributed by atoms with van der Waals surface area (Å²) in [7, 11) is 4.51. The van der Waals surface area contributed by atoms with Crippen LogP contribution in [0.2, 0.25) is 0 Å². The molecule has 2 aliphatic heterocycles. The molecule has 3 rings (SSSR count). The van der Waals surface area contributed by atoms with Crippen LogP contribution in [0.15, 0.2) is 23.4 Å². The van der Waals surface area contributed by atoms with E-state index in [1.165, 1.54) is 21.3 Å². The fourth-order valence-corrected chi connectivity index (χ4v) is 4.15. The van der Waals surface area contributed by atoms with E-state index in [9.17, 15) is 14.4 Å². The van der Waals surface area contributed by atoms with Crippen molar-refractivity contribution >= 4 is 17.9 Å². The van der Waals surface area contributed by atoms with Crippen LogP contribution >= 0.6 is 0 Å². The van der Waals surface area contributed by atoms with Crippen molar-refractivity contribution in [3.05, 3.63) is 29.0 Å². The van der Waals surface area contributed by atoms with Crippen LogP contribution in [0.25, 0.3) is 0 Å². The first-order valence-electron chi connectivity index (χ1n) is 11.1. The maximum Gasteiger partial charge on any atom is 0.338 e. The third kappa shape index (κ3) is 5.36. The Morgan fingerprint density at radius 3 is 2.18 bits per heavy atom. The molecular weight excluding hydrogens is 444 g/mol. The second-order valence-corrected chi connectivity index (χ2v) is 7.88. The Labute approximate surface area is 198 Å². The summed E-state index contributed by atoms with van der Waals surface area (Å²) in [6, 6.07) is 2.03. The van der Waals surface area contributed by atoms with Crippen LogP contribution in [0.3, 0.4) is 0 Å². The van der Waals surface area contributed by atoms with Gasteiger partial charge in [-0.05, 0) is 13.0 Å². The quantitative estimate of drug-likeness (QED) is 0.535. The lowest BCUT2D eigenvalue weighted by atomic mass is 9.93. The fourth-order valence-electron chi connectivity index (χ4n) is 4.15. The zero-order valence-electron chi connectivity index (χ0n) is 20.2. The van der Waals surface area contributed by atoms with Crippen molar-refractivity contribution in [3.63, 3.8) is 0 Å². The number of nitrogens with one attached hydrogen (secondary N) is 2. The molecule has 1 aromatic carbocycles. The predicted molar refractivity (Wildman–Crippen MR) is 123 cm³/mol. The van der Waals surface area contributed by atoms with Crippen molar-refractivity contribution in [3.8, 4) is 17.2 Å². The number of esters is 1. The van der Waals surface area contributed by atoms with Crippen molar-refractivity contribution in [2.24, 2.45) is 0 Å². The highest BCUT2D eigenvalue weighted by Crippen LogP contribution is 2.41. The van der Waals surface area contributed by atoms with E-state index in [1.54, 1.807) is 30.9 Å². The summed E-state index contributed by atoms with van der Waals surface area (Å²) >= 11 is 0. The van der Waals surface area contributed by atoms with Crippen molar-refractivity contribution in [2.75, 3.05) is 60.7 Å². The standard InChI is InChI=1S/C23H32N4O7/c1-6-34-22(29)20-16(13-26-7-9-27(10-8-26)14(2)28)24-23(30)25-21(20)15-11-18(32-4)19(33-5)12-17(15)31-3/h11-12,21H,6-10,13H2,1-5H3,(H2,24,25,30)/t21-/m1/s1. The Balaban J connectivity index is 2.03. The van der Waals surface area contributed by atoms with Crippen molar-refractivity contribution in [1.29, 1.82) is 0 Å². The Kier molecular flexibility index (Phi) is 8.21. The number of carbonyl (C=O) groups excluding carboxylic acids is 3. The minimum Gasteiger partial charge on any atom is -0.496 e. The van der Waals surface area contributed by atoms with Gasteiger partial charge in [0.1, 0.15) is 5.75 Å². The maximum atomic E-state index is 13.1. The maximum absolute atomic E-state index is 13.1. The number of hydrogen-bond donors (Lipinski definition) is 2. The molecule has 11 heteroatoms. The number of hydrogen-bond acceptors (Lipinski definition) is 8. The highest BCUT2D eigenvalue weighted by molar-refractivity contribution is 5.95. The molecule has 0 radical (unpaired) electrons. The lowest BCUT2D eigenvalue weighted by Gasteiger charge is -2.36. The molecule has 11 nitrogen and oxygen atoms in total. The van der Waals surface area contributed by atoms with E-state index in [1.807, 2.05) is 0 Å². The van der Waals surface area contributed by atoms with Gasteiger partial charge < -0.3 is 34.5 Å². The van der Waals surface area contributed by atoms with Gasteiger partial charge in [0.05, 0.1) is 39.6 Å². The second kappa shape index (κ2) is 11.1. The molecule has 3 amide bonds. The average molecular weight is 477 g/mol. The molecule has 1 atom stereocenters. The van der Waals surface area contributed by atoms with Crippen LogP contribution in [0.1, 0.15) is 25.5 Å². The van der Waals surface area contributed by atoms with Crippen molar-refractivity contribution in [1.82, 2.24) is 20.4 Å². The zero-order valence-corrected chi connectivity index (χ0v) is 20.2. The van der Waals surface area contributed by atoms with E-state index in [0.29, 0.717) is 61.2 Å². The molecule has 2 N–H and O–H groups in total. The highest BCUT2D eigenvalue weighted by Gasteiger charge is 2.37. The summed E-state index contributed by atoms with van der Waals surface area (Å²) in [5, 5.41) is 5.60. The van der Waals surface area contributed by atoms with Crippen LogP contribution in [0.5, 0.6) is 17.2 Å². The van der Waals surface area contributed by atoms with E-state index < -0.39 is 18.0 Å². The Morgan fingerprint density at radius 1 is 1.00 bits per heavy atom. The van der Waals surface area contributed by atoms with E-state index in [2.05, 4.69) is 15.5 Å². The summed E-state index contributed by atoms with van der Waals surface area (Å²) in [6.07, 6.45) is 0. The van der Waals surface area contributed by atoms with Gasteiger partial charge in [0.15, 0.2) is 11.5 Å². The number of rotatable bonds is 8. The Bertz CT molecular complexity index is 970. The van der Waals surface area contributed by atoms with E-state index in [-0.39, 0.29) is 18.1 Å². The lowest BCUT2D eigenvalue weighted by Crippen LogP contribution is -2.52. The van der Waals surface area contributed by atoms with Crippen LogP contribution in [0.4, 0.5) is 4.79 Å². The van der Waals surface area contributed by atoms with Crippen molar-refractivity contribution in [2.45, 2.75) is 19.9 Å². The predicted octanol–water partition coefficient (Wildman–Crippen LogP) is 1.05. The van der Waals surface area contributed by atoms with Gasteiger partial charge >= 0.3 is 12.0 Å². The van der Waals surface area contributed by atoms with Gasteiger partial charge in [-0.2, -0.15) is 0 Å². The van der Waals surface area contributed by atoms with Crippen LogP contribution in [0, 0.1) is 0 Å². The number of methoxy groups -OCH3 is 3. The van der Waals surface area contributed by atoms with Gasteiger partial charge in [0, 0.05) is 57.0 Å². The van der Waals surface area contributed by atoms with Crippen LogP contribution < -0.4 is 24.8 Å². The van der Waals surface area contributed by atoms with Gasteiger partial charge in [0.2, 0.25) is 5.91 Å². The molecule has 34 heavy (non-hydrogen) atoms. The molecule has 0 bridgehead atoms. The molecular formula is C23H32N4O7. The first-order chi connectivity index (χ1) is 16.3. The van der Waals surface area contributed by atoms with E-state index in [4.69, 9.17) is 18.9 Å². The summed E-state index contributed by atoms with van der Waals surface area (Å²) < 4.78 is 21.7. The largest absolute Gasteiger partial charge is 0.496 e. The lowest BCUT2D eigenvalue weighted by molar-refractivity contribution is -0.139. The normalized spacial score (nSPS) is 18.7.